The molecule has 0 fully saturated rings. The second-order valence-corrected chi connectivity index (χ2v) is 4.61. The van der Waals surface area contributed by atoms with Crippen LogP contribution in [-0.4, -0.2) is 39.3 Å². The molecule has 1 aromatic heterocycles. The summed E-state index contributed by atoms with van der Waals surface area (Å²) >= 11 is 0. The highest BCUT2D eigenvalue weighted by Gasteiger charge is 2.06. The van der Waals surface area contributed by atoms with Crippen LogP contribution >= 0.6 is 12.4 Å². The molecule has 0 spiro atoms. The van der Waals surface area contributed by atoms with E-state index in [2.05, 4.69) is 5.10 Å². The third-order valence-electron chi connectivity index (χ3n) is 2.87. The number of carbonyl (C=O) groups is 1. The number of halogens is 2. The number of benzene rings is 1. The SMILES string of the molecule is CN(CCC(=O)O)Cc1ccn(-c2ccc(F)cc2)n1.Cl. The number of nitrogens with zero attached hydrogens (tertiary/aromatic N) is 3. The zero-order valence-corrected chi connectivity index (χ0v) is 12.4. The first kappa shape index (κ1) is 17.1. The lowest BCUT2D eigenvalue weighted by atomic mass is 10.3. The highest BCUT2D eigenvalue weighted by molar-refractivity contribution is 5.85. The van der Waals surface area contributed by atoms with Crippen molar-refractivity contribution in [1.82, 2.24) is 14.7 Å². The molecule has 1 heterocycles. The van der Waals surface area contributed by atoms with Crippen LogP contribution in [0.3, 0.4) is 0 Å². The second kappa shape index (κ2) is 7.75. The van der Waals surface area contributed by atoms with Gasteiger partial charge in [-0.2, -0.15) is 5.10 Å². The highest BCUT2D eigenvalue weighted by atomic mass is 35.5. The van der Waals surface area contributed by atoms with E-state index < -0.39 is 5.97 Å². The minimum Gasteiger partial charge on any atom is -0.481 e. The van der Waals surface area contributed by atoms with Crippen molar-refractivity contribution in [2.75, 3.05) is 13.6 Å². The standard InChI is InChI=1S/C14H16FN3O2.ClH/c1-17(8-7-14(19)20)10-12-6-9-18(16-12)13-4-2-11(15)3-5-13;/h2-6,9H,7-8,10H2,1H3,(H,19,20);1H. The lowest BCUT2D eigenvalue weighted by Crippen LogP contribution is -2.21. The Morgan fingerprint density at radius 3 is 2.62 bits per heavy atom. The summed E-state index contributed by atoms with van der Waals surface area (Å²) in [5.74, 6) is -1.09. The van der Waals surface area contributed by atoms with Gasteiger partial charge in [-0.1, -0.05) is 0 Å². The fourth-order valence-electron chi connectivity index (χ4n) is 1.83. The molecule has 0 aliphatic heterocycles. The van der Waals surface area contributed by atoms with E-state index in [9.17, 15) is 9.18 Å². The first-order chi connectivity index (χ1) is 9.54. The van der Waals surface area contributed by atoms with Gasteiger partial charge in [0.15, 0.2) is 0 Å². The largest absolute Gasteiger partial charge is 0.481 e. The summed E-state index contributed by atoms with van der Waals surface area (Å²) in [6.07, 6.45) is 1.91. The molecule has 1 aromatic carbocycles. The number of carboxylic acids is 1. The van der Waals surface area contributed by atoms with Crippen LogP contribution in [-0.2, 0) is 11.3 Å². The Kier molecular flexibility index (Phi) is 6.33. The van der Waals surface area contributed by atoms with E-state index in [1.54, 1.807) is 23.0 Å². The Labute approximate surface area is 128 Å². The van der Waals surface area contributed by atoms with Gasteiger partial charge in [0.05, 0.1) is 17.8 Å². The topological polar surface area (TPSA) is 58.4 Å². The van der Waals surface area contributed by atoms with Crippen molar-refractivity contribution >= 4 is 18.4 Å². The Morgan fingerprint density at radius 2 is 2.00 bits per heavy atom. The molecule has 21 heavy (non-hydrogen) atoms. The molecule has 0 aliphatic rings. The summed E-state index contributed by atoms with van der Waals surface area (Å²) in [5, 5.41) is 13.0. The molecule has 0 saturated carbocycles. The van der Waals surface area contributed by atoms with Crippen molar-refractivity contribution in [3.05, 3.63) is 48.0 Å². The van der Waals surface area contributed by atoms with Gasteiger partial charge in [-0.25, -0.2) is 9.07 Å². The quantitative estimate of drug-likeness (QED) is 0.889. The van der Waals surface area contributed by atoms with E-state index >= 15 is 0 Å². The van der Waals surface area contributed by atoms with Crippen molar-refractivity contribution in [2.45, 2.75) is 13.0 Å². The normalized spacial score (nSPS) is 10.4. The Bertz CT molecular complexity index is 586. The van der Waals surface area contributed by atoms with E-state index in [0.29, 0.717) is 13.1 Å². The molecular formula is C14H17ClFN3O2. The zero-order valence-electron chi connectivity index (χ0n) is 11.6. The maximum absolute atomic E-state index is 12.8. The summed E-state index contributed by atoms with van der Waals surface area (Å²) < 4.78 is 14.5. The van der Waals surface area contributed by atoms with Gasteiger partial charge in [-0.05, 0) is 37.4 Å². The zero-order chi connectivity index (χ0) is 14.5. The molecule has 0 unspecified atom stereocenters. The van der Waals surface area contributed by atoms with E-state index in [1.807, 2.05) is 18.0 Å². The first-order valence-electron chi connectivity index (χ1n) is 6.25. The maximum atomic E-state index is 12.8. The Morgan fingerprint density at radius 1 is 1.33 bits per heavy atom. The van der Waals surface area contributed by atoms with E-state index in [-0.39, 0.29) is 24.6 Å². The summed E-state index contributed by atoms with van der Waals surface area (Å²) in [7, 11) is 1.85. The first-order valence-corrected chi connectivity index (χ1v) is 6.25. The van der Waals surface area contributed by atoms with Crippen LogP contribution in [0.25, 0.3) is 5.69 Å². The Balaban J connectivity index is 0.00000220. The molecule has 0 aliphatic carbocycles. The van der Waals surface area contributed by atoms with Crippen molar-refractivity contribution in [2.24, 2.45) is 0 Å². The molecule has 1 N–H and O–H groups in total. The number of hydrogen-bond acceptors (Lipinski definition) is 3. The number of rotatable bonds is 6. The molecule has 5 nitrogen and oxygen atoms in total. The molecule has 0 amide bonds. The molecule has 0 saturated heterocycles. The summed E-state index contributed by atoms with van der Waals surface area (Å²) in [6, 6.07) is 7.94. The van der Waals surface area contributed by atoms with Gasteiger partial charge in [0.25, 0.3) is 0 Å². The molecule has 0 atom stereocenters. The Hall–Kier alpha value is -1.92. The third-order valence-corrected chi connectivity index (χ3v) is 2.87. The van der Waals surface area contributed by atoms with Crippen LogP contribution in [0.4, 0.5) is 4.39 Å². The minimum atomic E-state index is -0.811. The van der Waals surface area contributed by atoms with Gasteiger partial charge in [-0.3, -0.25) is 9.69 Å². The van der Waals surface area contributed by atoms with Gasteiger partial charge in [0.2, 0.25) is 0 Å². The van der Waals surface area contributed by atoms with Gasteiger partial charge < -0.3 is 5.11 Å². The fraction of sp³-hybridized carbons (Fsp3) is 0.286. The van der Waals surface area contributed by atoms with Gasteiger partial charge in [0.1, 0.15) is 5.82 Å². The van der Waals surface area contributed by atoms with Gasteiger partial charge in [-0.15, -0.1) is 12.4 Å². The molecule has 0 radical (unpaired) electrons. The second-order valence-electron chi connectivity index (χ2n) is 4.61. The van der Waals surface area contributed by atoms with Crippen molar-refractivity contribution in [3.63, 3.8) is 0 Å². The summed E-state index contributed by atoms with van der Waals surface area (Å²) in [5.41, 5.74) is 1.62. The average Bonchev–Trinajstić information content (AvgIpc) is 2.85. The molecular weight excluding hydrogens is 297 g/mol. The van der Waals surface area contributed by atoms with Crippen LogP contribution in [0, 0.1) is 5.82 Å². The maximum Gasteiger partial charge on any atom is 0.304 e. The predicted molar refractivity (Wildman–Crippen MR) is 79.4 cm³/mol. The molecule has 7 heteroatoms. The highest BCUT2D eigenvalue weighted by Crippen LogP contribution is 2.09. The van der Waals surface area contributed by atoms with Crippen LogP contribution in [0.15, 0.2) is 36.5 Å². The third kappa shape index (κ3) is 5.17. The average molecular weight is 314 g/mol. The molecule has 2 rings (SSSR count). The van der Waals surface area contributed by atoms with E-state index in [4.69, 9.17) is 5.11 Å². The van der Waals surface area contributed by atoms with E-state index in [0.717, 1.165) is 11.4 Å². The molecule has 0 bridgehead atoms. The smallest absolute Gasteiger partial charge is 0.304 e. The monoisotopic (exact) mass is 313 g/mol. The van der Waals surface area contributed by atoms with Crippen molar-refractivity contribution in [1.29, 1.82) is 0 Å². The number of hydrogen-bond donors (Lipinski definition) is 1. The lowest BCUT2D eigenvalue weighted by Gasteiger charge is -2.13. The number of aromatic nitrogens is 2. The number of aliphatic carboxylic acids is 1. The van der Waals surface area contributed by atoms with Crippen LogP contribution in [0.2, 0.25) is 0 Å². The van der Waals surface area contributed by atoms with Gasteiger partial charge >= 0.3 is 5.97 Å². The fourth-order valence-corrected chi connectivity index (χ4v) is 1.83. The van der Waals surface area contributed by atoms with E-state index in [1.165, 1.54) is 12.1 Å². The summed E-state index contributed by atoms with van der Waals surface area (Å²) in [6.45, 7) is 1.04. The summed E-state index contributed by atoms with van der Waals surface area (Å²) in [4.78, 5) is 12.4. The molecule has 2 aromatic rings. The predicted octanol–water partition coefficient (Wildman–Crippen LogP) is 2.34. The molecule has 114 valence electrons. The van der Waals surface area contributed by atoms with Gasteiger partial charge in [0, 0.05) is 19.3 Å². The van der Waals surface area contributed by atoms with Crippen molar-refractivity contribution in [3.8, 4) is 5.69 Å². The number of carboxylic acid groups (broad SMARTS) is 1. The van der Waals surface area contributed by atoms with Crippen LogP contribution in [0.1, 0.15) is 12.1 Å². The minimum absolute atomic E-state index is 0. The van der Waals surface area contributed by atoms with Crippen LogP contribution in [0.5, 0.6) is 0 Å². The van der Waals surface area contributed by atoms with Crippen molar-refractivity contribution < 1.29 is 14.3 Å². The van der Waals surface area contributed by atoms with Crippen LogP contribution < -0.4 is 0 Å². The lowest BCUT2D eigenvalue weighted by molar-refractivity contribution is -0.137.